The zero-order chi connectivity index (χ0) is 18.1. The summed E-state index contributed by atoms with van der Waals surface area (Å²) < 4.78 is 0.372. The Morgan fingerprint density at radius 3 is 2.40 bits per heavy atom. The van der Waals surface area contributed by atoms with Crippen molar-refractivity contribution in [2.45, 2.75) is 0 Å². The van der Waals surface area contributed by atoms with E-state index in [0.717, 1.165) is 11.8 Å². The van der Waals surface area contributed by atoms with Crippen molar-refractivity contribution in [1.29, 1.82) is 0 Å². The summed E-state index contributed by atoms with van der Waals surface area (Å²) in [5, 5.41) is 11.4. The molecular weight excluding hydrogens is 403 g/mol. The van der Waals surface area contributed by atoms with Gasteiger partial charge < -0.3 is 0 Å². The molecule has 9 heteroatoms. The average molecular weight is 411 g/mol. The molecular formula is C16H8Cl2N2O3S2. The van der Waals surface area contributed by atoms with E-state index < -0.39 is 4.92 Å². The predicted octanol–water partition coefficient (Wildman–Crippen LogP) is 5.31. The number of halogens is 2. The van der Waals surface area contributed by atoms with Gasteiger partial charge in [0.2, 0.25) is 0 Å². The Morgan fingerprint density at radius 2 is 1.80 bits per heavy atom. The third-order valence-electron chi connectivity index (χ3n) is 3.36. The van der Waals surface area contributed by atoms with Gasteiger partial charge in [0.15, 0.2) is 4.32 Å². The predicted molar refractivity (Wildman–Crippen MR) is 105 cm³/mol. The number of nitro benzene ring substituents is 1. The van der Waals surface area contributed by atoms with Crippen LogP contribution in [-0.2, 0) is 4.79 Å². The van der Waals surface area contributed by atoms with Gasteiger partial charge in [-0.15, -0.1) is 0 Å². The van der Waals surface area contributed by atoms with Crippen molar-refractivity contribution in [3.63, 3.8) is 0 Å². The molecule has 25 heavy (non-hydrogen) atoms. The highest BCUT2D eigenvalue weighted by Gasteiger charge is 2.33. The largest absolute Gasteiger partial charge is 0.270 e. The molecule has 1 amide bonds. The van der Waals surface area contributed by atoms with Gasteiger partial charge in [-0.2, -0.15) is 0 Å². The minimum absolute atomic E-state index is 0.0134. The first-order valence-corrected chi connectivity index (χ1v) is 8.82. The highest BCUT2D eigenvalue weighted by atomic mass is 35.5. The van der Waals surface area contributed by atoms with Crippen LogP contribution in [0.25, 0.3) is 6.08 Å². The van der Waals surface area contributed by atoms with E-state index in [2.05, 4.69) is 0 Å². The number of thiocarbonyl (C=S) groups is 1. The molecule has 5 nitrogen and oxygen atoms in total. The molecule has 1 aliphatic rings. The molecule has 126 valence electrons. The summed E-state index contributed by atoms with van der Waals surface area (Å²) in [5.41, 5.74) is 1.18. The Labute approximate surface area is 162 Å². The topological polar surface area (TPSA) is 63.4 Å². The molecule has 0 bridgehead atoms. The lowest BCUT2D eigenvalue weighted by atomic mass is 10.2. The molecule has 1 heterocycles. The minimum atomic E-state index is -0.479. The second kappa shape index (κ2) is 7.13. The SMILES string of the molecule is O=C1C(=Cc2ccc([N+](=O)[O-])cc2)SC(=S)N1c1ccc(Cl)c(Cl)c1. The quantitative estimate of drug-likeness (QED) is 0.297. The zero-order valence-electron chi connectivity index (χ0n) is 12.3. The van der Waals surface area contributed by atoms with Crippen LogP contribution < -0.4 is 4.90 Å². The number of nitro groups is 1. The lowest BCUT2D eigenvalue weighted by Gasteiger charge is -2.15. The summed E-state index contributed by atoms with van der Waals surface area (Å²) in [6.07, 6.45) is 1.64. The number of carbonyl (C=O) groups is 1. The summed E-state index contributed by atoms with van der Waals surface area (Å²) in [6, 6.07) is 10.7. The van der Waals surface area contributed by atoms with Gasteiger partial charge in [0, 0.05) is 12.1 Å². The van der Waals surface area contributed by atoms with E-state index in [1.807, 2.05) is 0 Å². The standard InChI is InChI=1S/C16H8Cl2N2O3S2/c17-12-6-5-11(8-13(12)18)19-15(21)14(25-16(19)24)7-9-1-3-10(4-2-9)20(22)23/h1-8H. The summed E-state index contributed by atoms with van der Waals surface area (Å²) in [6.45, 7) is 0. The molecule has 0 atom stereocenters. The molecule has 1 aliphatic heterocycles. The third-order valence-corrected chi connectivity index (χ3v) is 5.40. The molecule has 1 saturated heterocycles. The Bertz CT molecular complexity index is 929. The molecule has 0 spiro atoms. The molecule has 2 aromatic rings. The lowest BCUT2D eigenvalue weighted by Crippen LogP contribution is -2.27. The fourth-order valence-electron chi connectivity index (χ4n) is 2.16. The number of nitrogens with zero attached hydrogens (tertiary/aromatic N) is 2. The summed E-state index contributed by atoms with van der Waals surface area (Å²) >= 11 is 18.3. The fourth-order valence-corrected chi connectivity index (χ4v) is 3.75. The number of benzene rings is 2. The fraction of sp³-hybridized carbons (Fsp3) is 0. The van der Waals surface area contributed by atoms with Gasteiger partial charge in [-0.05, 0) is 42.0 Å². The number of amides is 1. The van der Waals surface area contributed by atoms with Crippen LogP contribution in [0.5, 0.6) is 0 Å². The maximum Gasteiger partial charge on any atom is 0.270 e. The van der Waals surface area contributed by atoms with Crippen molar-refractivity contribution < 1.29 is 9.72 Å². The van der Waals surface area contributed by atoms with Gasteiger partial charge in [0.25, 0.3) is 11.6 Å². The van der Waals surface area contributed by atoms with E-state index in [0.29, 0.717) is 30.5 Å². The lowest BCUT2D eigenvalue weighted by molar-refractivity contribution is -0.384. The van der Waals surface area contributed by atoms with Crippen molar-refractivity contribution in [1.82, 2.24) is 0 Å². The van der Waals surface area contributed by atoms with Crippen LogP contribution in [0, 0.1) is 10.1 Å². The Kier molecular flexibility index (Phi) is 5.10. The molecule has 0 aliphatic carbocycles. The van der Waals surface area contributed by atoms with Gasteiger partial charge in [0.05, 0.1) is 25.6 Å². The maximum absolute atomic E-state index is 12.7. The van der Waals surface area contributed by atoms with Crippen LogP contribution in [-0.4, -0.2) is 15.2 Å². The molecule has 0 unspecified atom stereocenters. The van der Waals surface area contributed by atoms with Crippen molar-refractivity contribution in [3.8, 4) is 0 Å². The first-order valence-electron chi connectivity index (χ1n) is 6.84. The molecule has 0 saturated carbocycles. The molecule has 3 rings (SSSR count). The Morgan fingerprint density at radius 1 is 1.12 bits per heavy atom. The summed E-state index contributed by atoms with van der Waals surface area (Å²) in [5.74, 6) is -0.285. The highest BCUT2D eigenvalue weighted by molar-refractivity contribution is 8.27. The maximum atomic E-state index is 12.7. The summed E-state index contributed by atoms with van der Waals surface area (Å²) in [4.78, 5) is 24.7. The number of anilines is 1. The van der Waals surface area contributed by atoms with E-state index in [-0.39, 0.29) is 11.6 Å². The normalized spacial score (nSPS) is 15.9. The molecule has 1 fully saturated rings. The number of rotatable bonds is 3. The second-order valence-corrected chi connectivity index (χ2v) is 7.45. The monoisotopic (exact) mass is 410 g/mol. The van der Waals surface area contributed by atoms with Crippen LogP contribution in [0.15, 0.2) is 47.4 Å². The number of hydrogen-bond donors (Lipinski definition) is 0. The van der Waals surface area contributed by atoms with Crippen molar-refractivity contribution in [2.24, 2.45) is 0 Å². The smallest absolute Gasteiger partial charge is 0.268 e. The van der Waals surface area contributed by atoms with Crippen LogP contribution in [0.2, 0.25) is 10.0 Å². The number of carbonyl (C=O) groups excluding carboxylic acids is 1. The molecule has 0 N–H and O–H groups in total. The second-order valence-electron chi connectivity index (χ2n) is 4.96. The zero-order valence-corrected chi connectivity index (χ0v) is 15.5. The van der Waals surface area contributed by atoms with Crippen LogP contribution in [0.4, 0.5) is 11.4 Å². The van der Waals surface area contributed by atoms with Crippen LogP contribution in [0.1, 0.15) is 5.56 Å². The van der Waals surface area contributed by atoms with Gasteiger partial charge in [-0.1, -0.05) is 47.2 Å². The van der Waals surface area contributed by atoms with E-state index in [1.54, 1.807) is 36.4 Å². The van der Waals surface area contributed by atoms with E-state index in [4.69, 9.17) is 35.4 Å². The van der Waals surface area contributed by atoms with Crippen molar-refractivity contribution >= 4 is 74.9 Å². The highest BCUT2D eigenvalue weighted by Crippen LogP contribution is 2.38. The van der Waals surface area contributed by atoms with Gasteiger partial charge in [0.1, 0.15) is 0 Å². The molecule has 0 aromatic heterocycles. The first-order chi connectivity index (χ1) is 11.9. The van der Waals surface area contributed by atoms with Crippen molar-refractivity contribution in [3.05, 3.63) is 73.1 Å². The van der Waals surface area contributed by atoms with E-state index in [1.165, 1.54) is 17.0 Å². The van der Waals surface area contributed by atoms with E-state index in [9.17, 15) is 14.9 Å². The van der Waals surface area contributed by atoms with Crippen LogP contribution >= 0.6 is 47.2 Å². The van der Waals surface area contributed by atoms with Gasteiger partial charge in [-0.25, -0.2) is 0 Å². The summed E-state index contributed by atoms with van der Waals surface area (Å²) in [7, 11) is 0. The average Bonchev–Trinajstić information content (AvgIpc) is 2.85. The molecule has 0 radical (unpaired) electrons. The number of non-ortho nitro benzene ring substituents is 1. The van der Waals surface area contributed by atoms with E-state index >= 15 is 0 Å². The van der Waals surface area contributed by atoms with Crippen molar-refractivity contribution in [2.75, 3.05) is 4.90 Å². The van der Waals surface area contributed by atoms with Gasteiger partial charge in [-0.3, -0.25) is 19.8 Å². The Hall–Kier alpha value is -1.93. The first kappa shape index (κ1) is 17.9. The number of thioether (sulfide) groups is 1. The third kappa shape index (κ3) is 3.69. The minimum Gasteiger partial charge on any atom is -0.268 e. The van der Waals surface area contributed by atoms with Gasteiger partial charge >= 0.3 is 0 Å². The Balaban J connectivity index is 1.90. The van der Waals surface area contributed by atoms with Crippen LogP contribution in [0.3, 0.4) is 0 Å². The number of hydrogen-bond acceptors (Lipinski definition) is 5. The molecule has 2 aromatic carbocycles.